The first-order valence-corrected chi connectivity index (χ1v) is 10.4. The lowest BCUT2D eigenvalue weighted by molar-refractivity contribution is -0.122. The van der Waals surface area contributed by atoms with Gasteiger partial charge in [-0.25, -0.2) is 0 Å². The first kappa shape index (κ1) is 19.2. The molecule has 1 saturated heterocycles. The smallest absolute Gasteiger partial charge is 0.234 e. The maximum atomic E-state index is 12.0. The SMILES string of the molecule is CN=C(NCC(C)(C)c1cccs1)N1CCN(CC(=O)NC2CC2)CC1. The fourth-order valence-electron chi connectivity index (χ4n) is 3.20. The maximum Gasteiger partial charge on any atom is 0.234 e. The lowest BCUT2D eigenvalue weighted by Crippen LogP contribution is -2.55. The van der Waals surface area contributed by atoms with Gasteiger partial charge in [-0.05, 0) is 24.3 Å². The number of piperazine rings is 1. The van der Waals surface area contributed by atoms with Gasteiger partial charge in [0.2, 0.25) is 5.91 Å². The van der Waals surface area contributed by atoms with Crippen molar-refractivity contribution in [2.45, 2.75) is 38.1 Å². The van der Waals surface area contributed by atoms with Crippen molar-refractivity contribution in [3.8, 4) is 0 Å². The Kier molecular flexibility index (Phi) is 6.19. The number of rotatable bonds is 6. The van der Waals surface area contributed by atoms with Gasteiger partial charge in [-0.2, -0.15) is 0 Å². The second-order valence-corrected chi connectivity index (χ2v) is 8.81. The number of carbonyl (C=O) groups is 1. The molecule has 1 aromatic rings. The number of nitrogens with zero attached hydrogens (tertiary/aromatic N) is 3. The Morgan fingerprint density at radius 1 is 1.31 bits per heavy atom. The first-order valence-electron chi connectivity index (χ1n) is 9.49. The van der Waals surface area contributed by atoms with Crippen LogP contribution in [0.5, 0.6) is 0 Å². The summed E-state index contributed by atoms with van der Waals surface area (Å²) in [5, 5.41) is 8.74. The van der Waals surface area contributed by atoms with E-state index in [-0.39, 0.29) is 11.3 Å². The van der Waals surface area contributed by atoms with E-state index in [0.717, 1.165) is 51.5 Å². The molecule has 3 rings (SSSR count). The van der Waals surface area contributed by atoms with Crippen LogP contribution in [-0.4, -0.2) is 74.0 Å². The van der Waals surface area contributed by atoms with Crippen LogP contribution in [0.4, 0.5) is 0 Å². The number of guanidine groups is 1. The molecule has 2 heterocycles. The minimum Gasteiger partial charge on any atom is -0.355 e. The second kappa shape index (κ2) is 8.39. The van der Waals surface area contributed by atoms with Crippen molar-refractivity contribution in [3.63, 3.8) is 0 Å². The zero-order valence-corrected chi connectivity index (χ0v) is 16.9. The van der Waals surface area contributed by atoms with Crippen LogP contribution in [0.25, 0.3) is 0 Å². The summed E-state index contributed by atoms with van der Waals surface area (Å²) in [6.07, 6.45) is 2.28. The van der Waals surface area contributed by atoms with Crippen LogP contribution in [0.3, 0.4) is 0 Å². The molecule has 7 heteroatoms. The highest BCUT2D eigenvalue weighted by Crippen LogP contribution is 2.26. The van der Waals surface area contributed by atoms with Crippen LogP contribution in [0.15, 0.2) is 22.5 Å². The van der Waals surface area contributed by atoms with Crippen LogP contribution >= 0.6 is 11.3 Å². The highest BCUT2D eigenvalue weighted by molar-refractivity contribution is 7.10. The van der Waals surface area contributed by atoms with Gasteiger partial charge in [-0.1, -0.05) is 19.9 Å². The summed E-state index contributed by atoms with van der Waals surface area (Å²) in [6, 6.07) is 4.74. The summed E-state index contributed by atoms with van der Waals surface area (Å²) >= 11 is 1.80. The van der Waals surface area contributed by atoms with E-state index in [0.29, 0.717) is 12.6 Å². The highest BCUT2D eigenvalue weighted by atomic mass is 32.1. The molecule has 1 saturated carbocycles. The molecule has 1 aliphatic carbocycles. The molecule has 0 aromatic carbocycles. The summed E-state index contributed by atoms with van der Waals surface area (Å²) in [6.45, 7) is 9.48. The van der Waals surface area contributed by atoms with E-state index < -0.39 is 0 Å². The molecule has 2 fully saturated rings. The topological polar surface area (TPSA) is 60.0 Å². The van der Waals surface area contributed by atoms with Crippen molar-refractivity contribution >= 4 is 23.2 Å². The maximum absolute atomic E-state index is 12.0. The van der Waals surface area contributed by atoms with E-state index in [2.05, 4.69) is 56.8 Å². The number of amides is 1. The fraction of sp³-hybridized carbons (Fsp3) is 0.684. The Labute approximate surface area is 160 Å². The van der Waals surface area contributed by atoms with Gasteiger partial charge in [0.1, 0.15) is 0 Å². The van der Waals surface area contributed by atoms with Gasteiger partial charge in [0.15, 0.2) is 5.96 Å². The molecule has 6 nitrogen and oxygen atoms in total. The molecular formula is C19H31N5OS. The lowest BCUT2D eigenvalue weighted by atomic mass is 9.91. The molecule has 26 heavy (non-hydrogen) atoms. The molecule has 2 aliphatic rings. The van der Waals surface area contributed by atoms with Crippen molar-refractivity contribution in [1.82, 2.24) is 20.4 Å². The Morgan fingerprint density at radius 2 is 2.04 bits per heavy atom. The van der Waals surface area contributed by atoms with Gasteiger partial charge < -0.3 is 15.5 Å². The predicted molar refractivity (Wildman–Crippen MR) is 108 cm³/mol. The predicted octanol–water partition coefficient (Wildman–Crippen LogP) is 1.50. The average Bonchev–Trinajstić information content (AvgIpc) is 3.24. The normalized spacial score (nSPS) is 19.5. The molecule has 1 amide bonds. The number of hydrogen-bond acceptors (Lipinski definition) is 4. The zero-order chi connectivity index (χ0) is 18.6. The van der Waals surface area contributed by atoms with E-state index in [4.69, 9.17) is 0 Å². The highest BCUT2D eigenvalue weighted by Gasteiger charge is 2.27. The van der Waals surface area contributed by atoms with Gasteiger partial charge in [-0.15, -0.1) is 11.3 Å². The quantitative estimate of drug-likeness (QED) is 0.583. The number of thiophene rings is 1. The van der Waals surface area contributed by atoms with Gasteiger partial charge in [-0.3, -0.25) is 14.7 Å². The third-order valence-corrected chi connectivity index (χ3v) is 6.31. The molecule has 0 atom stereocenters. The summed E-state index contributed by atoms with van der Waals surface area (Å²) in [5.74, 6) is 1.12. The Hall–Kier alpha value is -1.60. The van der Waals surface area contributed by atoms with Crippen LogP contribution < -0.4 is 10.6 Å². The first-order chi connectivity index (χ1) is 12.5. The molecule has 1 aliphatic heterocycles. The van der Waals surface area contributed by atoms with Crippen molar-refractivity contribution in [1.29, 1.82) is 0 Å². The summed E-state index contributed by atoms with van der Waals surface area (Å²) in [7, 11) is 1.84. The summed E-state index contributed by atoms with van der Waals surface area (Å²) in [4.78, 5) is 22.3. The van der Waals surface area contributed by atoms with Crippen LogP contribution in [0.2, 0.25) is 0 Å². The number of aliphatic imine (C=N–C) groups is 1. The minimum absolute atomic E-state index is 0.0762. The molecule has 0 radical (unpaired) electrons. The second-order valence-electron chi connectivity index (χ2n) is 7.87. The van der Waals surface area contributed by atoms with E-state index in [9.17, 15) is 4.79 Å². The molecule has 1 aromatic heterocycles. The molecule has 144 valence electrons. The Balaban J connectivity index is 1.44. The molecule has 0 spiro atoms. The zero-order valence-electron chi connectivity index (χ0n) is 16.1. The summed E-state index contributed by atoms with van der Waals surface area (Å²) in [5.41, 5.74) is 0.0762. The molecular weight excluding hydrogens is 346 g/mol. The van der Waals surface area contributed by atoms with Crippen molar-refractivity contribution < 1.29 is 4.79 Å². The van der Waals surface area contributed by atoms with Gasteiger partial charge in [0.05, 0.1) is 6.54 Å². The van der Waals surface area contributed by atoms with E-state index in [1.54, 1.807) is 11.3 Å². The standard InChI is InChI=1S/C19H31N5OS/c1-19(2,16-5-4-12-26-16)14-21-18(20-3)24-10-8-23(9-11-24)13-17(25)22-15-6-7-15/h4-5,12,15H,6-11,13-14H2,1-3H3,(H,20,21)(H,22,25). The number of carbonyl (C=O) groups excluding carboxylic acids is 1. The fourth-order valence-corrected chi connectivity index (χ4v) is 4.06. The van der Waals surface area contributed by atoms with E-state index in [1.165, 1.54) is 4.88 Å². The van der Waals surface area contributed by atoms with Crippen molar-refractivity contribution in [2.75, 3.05) is 46.3 Å². The molecule has 2 N–H and O–H groups in total. The van der Waals surface area contributed by atoms with Crippen LogP contribution in [-0.2, 0) is 10.2 Å². The van der Waals surface area contributed by atoms with E-state index >= 15 is 0 Å². The summed E-state index contributed by atoms with van der Waals surface area (Å²) < 4.78 is 0. The van der Waals surface area contributed by atoms with Gasteiger partial charge in [0.25, 0.3) is 0 Å². The third-order valence-electron chi connectivity index (χ3n) is 5.07. The monoisotopic (exact) mass is 377 g/mol. The molecule has 0 bridgehead atoms. The lowest BCUT2D eigenvalue weighted by Gasteiger charge is -2.37. The Morgan fingerprint density at radius 3 is 2.62 bits per heavy atom. The number of nitrogens with one attached hydrogen (secondary N) is 2. The van der Waals surface area contributed by atoms with Gasteiger partial charge in [0, 0.05) is 56.1 Å². The number of hydrogen-bond donors (Lipinski definition) is 2. The Bertz CT molecular complexity index is 616. The minimum atomic E-state index is 0.0762. The van der Waals surface area contributed by atoms with Crippen molar-refractivity contribution in [2.24, 2.45) is 4.99 Å². The van der Waals surface area contributed by atoms with E-state index in [1.807, 2.05) is 7.05 Å². The van der Waals surface area contributed by atoms with Gasteiger partial charge >= 0.3 is 0 Å². The molecule has 0 unspecified atom stereocenters. The average molecular weight is 378 g/mol. The van der Waals surface area contributed by atoms with Crippen LogP contribution in [0, 0.1) is 0 Å². The van der Waals surface area contributed by atoms with Crippen molar-refractivity contribution in [3.05, 3.63) is 22.4 Å². The largest absolute Gasteiger partial charge is 0.355 e. The van der Waals surface area contributed by atoms with Crippen LogP contribution in [0.1, 0.15) is 31.6 Å². The third kappa shape index (κ3) is 5.20.